The van der Waals surface area contributed by atoms with Gasteiger partial charge < -0.3 is 10.1 Å². The Kier molecular flexibility index (Phi) is 6.26. The fourth-order valence-corrected chi connectivity index (χ4v) is 2.28. The van der Waals surface area contributed by atoms with Gasteiger partial charge in [-0.1, -0.05) is 0 Å². The van der Waals surface area contributed by atoms with Crippen LogP contribution in [0.25, 0.3) is 0 Å². The van der Waals surface area contributed by atoms with Gasteiger partial charge in [0.25, 0.3) is 0 Å². The van der Waals surface area contributed by atoms with Crippen LogP contribution in [-0.4, -0.2) is 47.0 Å². The smallest absolute Gasteiger partial charge is 0.208 e. The summed E-state index contributed by atoms with van der Waals surface area (Å²) in [4.78, 5) is 0. The molecule has 0 bridgehead atoms. The van der Waals surface area contributed by atoms with Gasteiger partial charge in [-0.15, -0.1) is 0 Å². The van der Waals surface area contributed by atoms with Crippen LogP contribution in [0.15, 0.2) is 0 Å². The van der Waals surface area contributed by atoms with E-state index in [0.717, 1.165) is 45.4 Å². The van der Waals surface area contributed by atoms with Crippen LogP contribution in [0.4, 0.5) is 0 Å². The number of sulfonamides is 1. The lowest BCUT2D eigenvalue weighted by atomic mass is 10.1. The third-order valence-corrected chi connectivity index (χ3v) is 3.33. The zero-order valence-electron chi connectivity index (χ0n) is 9.87. The molecule has 1 rings (SSSR count). The van der Waals surface area contributed by atoms with Crippen LogP contribution < -0.4 is 10.0 Å². The number of nitrogens with one attached hydrogen (secondary N) is 2. The van der Waals surface area contributed by atoms with E-state index >= 15 is 0 Å². The van der Waals surface area contributed by atoms with Crippen molar-refractivity contribution in [2.45, 2.75) is 31.7 Å². The molecule has 0 spiro atoms. The maximum absolute atomic E-state index is 10.8. The molecule has 1 saturated heterocycles. The average molecular weight is 250 g/mol. The minimum absolute atomic E-state index is 0.509. The molecule has 16 heavy (non-hydrogen) atoms. The number of rotatable bonds is 6. The fourth-order valence-electron chi connectivity index (χ4n) is 1.76. The van der Waals surface area contributed by atoms with Gasteiger partial charge in [-0.3, -0.25) is 0 Å². The minimum Gasteiger partial charge on any atom is -0.381 e. The van der Waals surface area contributed by atoms with Crippen LogP contribution in [0.2, 0.25) is 0 Å². The van der Waals surface area contributed by atoms with Gasteiger partial charge in [0, 0.05) is 25.8 Å². The molecule has 2 N–H and O–H groups in total. The number of hydrogen-bond donors (Lipinski definition) is 2. The normalized spacial score (nSPS) is 22.9. The zero-order valence-corrected chi connectivity index (χ0v) is 10.7. The molecule has 0 amide bonds. The van der Waals surface area contributed by atoms with Crippen molar-refractivity contribution >= 4 is 10.0 Å². The summed E-state index contributed by atoms with van der Waals surface area (Å²) in [5.41, 5.74) is 0. The molecule has 1 atom stereocenters. The first-order valence-corrected chi connectivity index (χ1v) is 7.73. The highest BCUT2D eigenvalue weighted by atomic mass is 32.2. The summed E-state index contributed by atoms with van der Waals surface area (Å²) in [6.45, 7) is 3.06. The number of hydrogen-bond acceptors (Lipinski definition) is 4. The van der Waals surface area contributed by atoms with Crippen LogP contribution in [0.1, 0.15) is 25.7 Å². The van der Waals surface area contributed by atoms with E-state index in [1.165, 1.54) is 6.26 Å². The van der Waals surface area contributed by atoms with E-state index in [1.54, 1.807) is 0 Å². The monoisotopic (exact) mass is 250 g/mol. The van der Waals surface area contributed by atoms with Gasteiger partial charge in [0.2, 0.25) is 10.0 Å². The highest BCUT2D eigenvalue weighted by Crippen LogP contribution is 2.07. The van der Waals surface area contributed by atoms with Gasteiger partial charge in [-0.25, -0.2) is 13.1 Å². The third-order valence-electron chi connectivity index (χ3n) is 2.60. The van der Waals surface area contributed by atoms with Crippen molar-refractivity contribution in [2.75, 3.05) is 32.6 Å². The van der Waals surface area contributed by atoms with Crippen LogP contribution in [0.3, 0.4) is 0 Å². The first kappa shape index (κ1) is 13.9. The maximum Gasteiger partial charge on any atom is 0.208 e. The van der Waals surface area contributed by atoms with Crippen molar-refractivity contribution in [3.05, 3.63) is 0 Å². The summed E-state index contributed by atoms with van der Waals surface area (Å²) in [7, 11) is -3.03. The molecule has 0 aliphatic carbocycles. The summed E-state index contributed by atoms with van der Waals surface area (Å²) >= 11 is 0. The summed E-state index contributed by atoms with van der Waals surface area (Å²) < 4.78 is 29.4. The van der Waals surface area contributed by atoms with Crippen molar-refractivity contribution in [3.63, 3.8) is 0 Å². The standard InChI is InChI=1S/C10H22N2O3S/c1-16(13,14)12-7-3-6-11-10-4-2-8-15-9-5-10/h10-12H,2-9H2,1H3. The zero-order chi connectivity index (χ0) is 11.9. The van der Waals surface area contributed by atoms with Gasteiger partial charge >= 0.3 is 0 Å². The molecule has 1 heterocycles. The number of ether oxygens (including phenoxy) is 1. The molecule has 1 unspecified atom stereocenters. The lowest BCUT2D eigenvalue weighted by Crippen LogP contribution is -2.32. The van der Waals surface area contributed by atoms with E-state index in [-0.39, 0.29) is 0 Å². The molecule has 96 valence electrons. The molecule has 1 aliphatic heterocycles. The maximum atomic E-state index is 10.8. The third kappa shape index (κ3) is 7.16. The summed E-state index contributed by atoms with van der Waals surface area (Å²) in [6, 6.07) is 0.528. The first-order valence-electron chi connectivity index (χ1n) is 5.84. The van der Waals surface area contributed by atoms with Crippen molar-refractivity contribution in [1.29, 1.82) is 0 Å². The highest BCUT2D eigenvalue weighted by molar-refractivity contribution is 7.88. The largest absolute Gasteiger partial charge is 0.381 e. The fraction of sp³-hybridized carbons (Fsp3) is 1.00. The van der Waals surface area contributed by atoms with Crippen LogP contribution >= 0.6 is 0 Å². The van der Waals surface area contributed by atoms with E-state index in [2.05, 4.69) is 10.0 Å². The molecule has 6 heteroatoms. The van der Waals surface area contributed by atoms with E-state index in [9.17, 15) is 8.42 Å². The molecular weight excluding hydrogens is 228 g/mol. The van der Waals surface area contributed by atoms with Gasteiger partial charge in [0.05, 0.1) is 6.26 Å². The minimum atomic E-state index is -3.03. The lowest BCUT2D eigenvalue weighted by Gasteiger charge is -2.15. The molecule has 0 saturated carbocycles. The SMILES string of the molecule is CS(=O)(=O)NCCCNC1CCCOCC1. The molecule has 1 fully saturated rings. The van der Waals surface area contributed by atoms with E-state index < -0.39 is 10.0 Å². The molecule has 0 aromatic heterocycles. The van der Waals surface area contributed by atoms with Crippen LogP contribution in [-0.2, 0) is 14.8 Å². The lowest BCUT2D eigenvalue weighted by molar-refractivity contribution is 0.142. The predicted octanol–water partition coefficient (Wildman–Crippen LogP) is 0.0844. The second-order valence-electron chi connectivity index (χ2n) is 4.21. The molecule has 0 radical (unpaired) electrons. The topological polar surface area (TPSA) is 67.4 Å². The predicted molar refractivity (Wildman–Crippen MR) is 63.9 cm³/mol. The van der Waals surface area contributed by atoms with Gasteiger partial charge in [0.1, 0.15) is 0 Å². The van der Waals surface area contributed by atoms with Gasteiger partial charge in [-0.05, 0) is 32.2 Å². The molecule has 5 nitrogen and oxygen atoms in total. The quantitative estimate of drug-likeness (QED) is 0.655. The molecule has 0 aromatic rings. The van der Waals surface area contributed by atoms with Crippen molar-refractivity contribution in [2.24, 2.45) is 0 Å². The van der Waals surface area contributed by atoms with E-state index in [0.29, 0.717) is 12.6 Å². The first-order chi connectivity index (χ1) is 7.58. The van der Waals surface area contributed by atoms with E-state index in [1.807, 2.05) is 0 Å². The van der Waals surface area contributed by atoms with Gasteiger partial charge in [-0.2, -0.15) is 0 Å². The Bertz CT molecular complexity index is 272. The second-order valence-corrected chi connectivity index (χ2v) is 6.05. The van der Waals surface area contributed by atoms with Crippen molar-refractivity contribution in [1.82, 2.24) is 10.0 Å². The summed E-state index contributed by atoms with van der Waals surface area (Å²) in [5.74, 6) is 0. The summed E-state index contributed by atoms with van der Waals surface area (Å²) in [5, 5.41) is 3.43. The second kappa shape index (κ2) is 7.21. The van der Waals surface area contributed by atoms with Crippen LogP contribution in [0, 0.1) is 0 Å². The molecule has 1 aliphatic rings. The van der Waals surface area contributed by atoms with E-state index in [4.69, 9.17) is 4.74 Å². The van der Waals surface area contributed by atoms with Gasteiger partial charge in [0.15, 0.2) is 0 Å². The Labute approximate surface area is 98.0 Å². The molecular formula is C10H22N2O3S. The van der Waals surface area contributed by atoms with Crippen molar-refractivity contribution in [3.8, 4) is 0 Å². The van der Waals surface area contributed by atoms with Crippen molar-refractivity contribution < 1.29 is 13.2 Å². The van der Waals surface area contributed by atoms with Crippen LogP contribution in [0.5, 0.6) is 0 Å². The average Bonchev–Trinajstić information content (AvgIpc) is 2.44. The Balaban J connectivity index is 2.01. The molecule has 0 aromatic carbocycles. The highest BCUT2D eigenvalue weighted by Gasteiger charge is 2.10. The Morgan fingerprint density at radius 1 is 1.25 bits per heavy atom. The summed E-state index contributed by atoms with van der Waals surface area (Å²) in [6.07, 6.45) is 5.33. The Morgan fingerprint density at radius 2 is 2.06 bits per heavy atom. The Morgan fingerprint density at radius 3 is 2.81 bits per heavy atom. The Hall–Kier alpha value is -0.170.